The summed E-state index contributed by atoms with van der Waals surface area (Å²) < 4.78 is 2.22. The Bertz CT molecular complexity index is 928. The molecule has 1 aromatic carbocycles. The van der Waals surface area contributed by atoms with E-state index in [2.05, 4.69) is 83.3 Å². The van der Waals surface area contributed by atoms with Crippen LogP contribution in [0.3, 0.4) is 0 Å². The number of nitrogens with zero attached hydrogens (tertiary/aromatic N) is 2. The van der Waals surface area contributed by atoms with Crippen molar-refractivity contribution in [1.29, 1.82) is 0 Å². The van der Waals surface area contributed by atoms with Gasteiger partial charge in [-0.2, -0.15) is 0 Å². The van der Waals surface area contributed by atoms with E-state index >= 15 is 0 Å². The van der Waals surface area contributed by atoms with E-state index in [0.717, 1.165) is 11.3 Å². The molecule has 0 saturated carbocycles. The van der Waals surface area contributed by atoms with Gasteiger partial charge in [0, 0.05) is 22.7 Å². The number of hydrogen-bond acceptors (Lipinski definition) is 1. The smallest absolute Gasteiger partial charge is 0.145 e. The number of aromatic nitrogens is 2. The van der Waals surface area contributed by atoms with Crippen LogP contribution in [0.4, 0.5) is 0 Å². The van der Waals surface area contributed by atoms with Gasteiger partial charge in [-0.25, -0.2) is 4.98 Å². The fourth-order valence-electron chi connectivity index (χ4n) is 2.91. The molecule has 0 fully saturated rings. The topological polar surface area (TPSA) is 17.8 Å². The van der Waals surface area contributed by atoms with Gasteiger partial charge in [0.15, 0.2) is 0 Å². The molecule has 0 N–H and O–H groups in total. The molecule has 2 nitrogen and oxygen atoms in total. The Morgan fingerprint density at radius 3 is 2.64 bits per heavy atom. The van der Waals surface area contributed by atoms with Crippen LogP contribution in [0.1, 0.15) is 6.92 Å². The van der Waals surface area contributed by atoms with Crippen LogP contribution in [-0.4, -0.2) is 9.55 Å². The van der Waals surface area contributed by atoms with Crippen molar-refractivity contribution in [2.75, 3.05) is 0 Å². The summed E-state index contributed by atoms with van der Waals surface area (Å²) >= 11 is 0. The summed E-state index contributed by atoms with van der Waals surface area (Å²) in [6, 6.07) is 12.6. The number of hydrogen-bond donors (Lipinski definition) is 0. The molecule has 3 aromatic rings. The Kier molecular flexibility index (Phi) is 3.01. The van der Waals surface area contributed by atoms with E-state index in [-0.39, 0.29) is 0 Å². The molecular formula is C20H16N2. The average molecular weight is 284 g/mol. The first-order valence-corrected chi connectivity index (χ1v) is 7.42. The van der Waals surface area contributed by atoms with Crippen molar-refractivity contribution in [2.24, 2.45) is 0 Å². The van der Waals surface area contributed by atoms with Gasteiger partial charge in [-0.1, -0.05) is 48.1 Å². The standard InChI is InChI=1S/C20H16N2/c1-15-7-4-9-16(10-5-8-15)22-19-13-3-2-11-17(19)18-12-6-14-21-20(18)22/h2-14H,1H3/b7-4+,8-5?,9-4?,10-5-,15-7?,15-8+,16-9+,16-10?. The number of fused-ring (bicyclic) bond motifs is 3. The van der Waals surface area contributed by atoms with Crippen LogP contribution in [-0.2, 0) is 0 Å². The van der Waals surface area contributed by atoms with Crippen molar-refractivity contribution in [2.45, 2.75) is 6.92 Å². The maximum absolute atomic E-state index is 4.61. The molecule has 0 saturated heterocycles. The summed E-state index contributed by atoms with van der Waals surface area (Å²) in [6.45, 7) is 2.10. The van der Waals surface area contributed by atoms with Crippen LogP contribution in [0, 0.1) is 0 Å². The van der Waals surface area contributed by atoms with Gasteiger partial charge in [0.1, 0.15) is 5.65 Å². The fraction of sp³-hybridized carbons (Fsp3) is 0.0500. The highest BCUT2D eigenvalue weighted by molar-refractivity contribution is 6.09. The third-order valence-electron chi connectivity index (χ3n) is 3.94. The fourth-order valence-corrected chi connectivity index (χ4v) is 2.91. The van der Waals surface area contributed by atoms with Gasteiger partial charge < -0.3 is 0 Å². The molecular weight excluding hydrogens is 268 g/mol. The van der Waals surface area contributed by atoms with Gasteiger partial charge in [0.25, 0.3) is 0 Å². The second-order valence-electron chi connectivity index (χ2n) is 5.45. The highest BCUT2D eigenvalue weighted by Gasteiger charge is 2.12. The van der Waals surface area contributed by atoms with Crippen molar-refractivity contribution in [3.63, 3.8) is 0 Å². The highest BCUT2D eigenvalue weighted by atomic mass is 15.0. The monoisotopic (exact) mass is 284 g/mol. The number of pyridine rings is 1. The molecule has 0 unspecified atom stereocenters. The molecule has 0 aliphatic heterocycles. The zero-order chi connectivity index (χ0) is 14.9. The molecule has 106 valence electrons. The second kappa shape index (κ2) is 5.15. The number of benzene rings is 1. The number of para-hydroxylation sites is 1. The predicted molar refractivity (Wildman–Crippen MR) is 93.5 cm³/mol. The SMILES string of the molecule is CC1=C\C=C/C(n2c3ccccc3c3cccnc32)=C\C=C\1. The van der Waals surface area contributed by atoms with Crippen molar-refractivity contribution in [3.8, 4) is 0 Å². The molecule has 0 spiro atoms. The Balaban J connectivity index is 2.05. The lowest BCUT2D eigenvalue weighted by Gasteiger charge is -2.08. The molecule has 2 heterocycles. The maximum atomic E-state index is 4.61. The lowest BCUT2D eigenvalue weighted by Crippen LogP contribution is -1.96. The molecule has 0 radical (unpaired) electrons. The van der Waals surface area contributed by atoms with Gasteiger partial charge in [-0.05, 0) is 37.3 Å². The van der Waals surface area contributed by atoms with Crippen molar-refractivity contribution < 1.29 is 0 Å². The molecule has 1 aliphatic carbocycles. The summed E-state index contributed by atoms with van der Waals surface area (Å²) in [5, 5.41) is 2.42. The lowest BCUT2D eigenvalue weighted by molar-refractivity contribution is 1.18. The van der Waals surface area contributed by atoms with Crippen LogP contribution in [0.15, 0.2) is 84.6 Å². The lowest BCUT2D eigenvalue weighted by atomic mass is 10.2. The van der Waals surface area contributed by atoms with E-state index in [9.17, 15) is 0 Å². The Morgan fingerprint density at radius 2 is 1.68 bits per heavy atom. The average Bonchev–Trinajstić information content (AvgIpc) is 2.86. The van der Waals surface area contributed by atoms with Crippen LogP contribution in [0.25, 0.3) is 27.6 Å². The minimum Gasteiger partial charge on any atom is -0.294 e. The third kappa shape index (κ3) is 2.01. The molecule has 22 heavy (non-hydrogen) atoms. The zero-order valence-corrected chi connectivity index (χ0v) is 12.4. The largest absolute Gasteiger partial charge is 0.294 e. The quantitative estimate of drug-likeness (QED) is 0.607. The highest BCUT2D eigenvalue weighted by Crippen LogP contribution is 2.30. The number of rotatable bonds is 1. The van der Waals surface area contributed by atoms with Crippen LogP contribution in [0.2, 0.25) is 0 Å². The summed E-state index contributed by atoms with van der Waals surface area (Å²) in [6.07, 6.45) is 14.5. The van der Waals surface area contributed by atoms with Crippen LogP contribution < -0.4 is 0 Å². The predicted octanol–water partition coefficient (Wildman–Crippen LogP) is 5.10. The van der Waals surface area contributed by atoms with Gasteiger partial charge in [0.05, 0.1) is 5.52 Å². The molecule has 0 amide bonds. The van der Waals surface area contributed by atoms with Gasteiger partial charge in [0.2, 0.25) is 0 Å². The van der Waals surface area contributed by atoms with Gasteiger partial charge >= 0.3 is 0 Å². The second-order valence-corrected chi connectivity index (χ2v) is 5.45. The van der Waals surface area contributed by atoms with Gasteiger partial charge in [-0.15, -0.1) is 0 Å². The van der Waals surface area contributed by atoms with E-state index in [0.29, 0.717) is 0 Å². The van der Waals surface area contributed by atoms with E-state index in [4.69, 9.17) is 0 Å². The third-order valence-corrected chi connectivity index (χ3v) is 3.94. The van der Waals surface area contributed by atoms with Crippen molar-refractivity contribution >= 4 is 27.6 Å². The molecule has 1 aliphatic rings. The Morgan fingerprint density at radius 1 is 0.864 bits per heavy atom. The van der Waals surface area contributed by atoms with E-state index < -0.39 is 0 Å². The first kappa shape index (κ1) is 12.8. The summed E-state index contributed by atoms with van der Waals surface area (Å²) in [7, 11) is 0. The zero-order valence-electron chi connectivity index (χ0n) is 12.4. The first-order chi connectivity index (χ1) is 10.8. The molecule has 0 bridgehead atoms. The summed E-state index contributed by atoms with van der Waals surface area (Å²) in [5.74, 6) is 0. The van der Waals surface area contributed by atoms with Crippen molar-refractivity contribution in [3.05, 3.63) is 84.6 Å². The molecule has 2 heteroatoms. The minimum absolute atomic E-state index is 0.995. The summed E-state index contributed by atoms with van der Waals surface area (Å²) in [5.41, 5.74) is 4.54. The maximum Gasteiger partial charge on any atom is 0.145 e. The van der Waals surface area contributed by atoms with E-state index in [1.54, 1.807) is 0 Å². The van der Waals surface area contributed by atoms with Crippen LogP contribution in [0.5, 0.6) is 0 Å². The Hall–Kier alpha value is -2.87. The minimum atomic E-state index is 0.995. The Labute approximate surface area is 129 Å². The van der Waals surface area contributed by atoms with E-state index in [1.165, 1.54) is 21.9 Å². The normalized spacial score (nSPS) is 22.4. The van der Waals surface area contributed by atoms with Crippen molar-refractivity contribution in [1.82, 2.24) is 9.55 Å². The first-order valence-electron chi connectivity index (χ1n) is 7.42. The van der Waals surface area contributed by atoms with E-state index in [1.807, 2.05) is 12.3 Å². The summed E-state index contributed by atoms with van der Waals surface area (Å²) in [4.78, 5) is 4.61. The molecule has 4 rings (SSSR count). The molecule has 2 aromatic heterocycles. The van der Waals surface area contributed by atoms with Gasteiger partial charge in [-0.3, -0.25) is 4.57 Å². The molecule has 0 atom stereocenters. The van der Waals surface area contributed by atoms with Crippen LogP contribution >= 0.6 is 0 Å². The number of allylic oxidation sites excluding steroid dienone is 8.